The van der Waals surface area contributed by atoms with Gasteiger partial charge in [-0.25, -0.2) is 0 Å². The van der Waals surface area contributed by atoms with Gasteiger partial charge in [0.05, 0.1) is 5.25 Å². The number of nitrogens with one attached hydrogen (secondary N) is 2. The molecule has 0 unspecified atom stereocenters. The molecule has 1 fully saturated rings. The Morgan fingerprint density at radius 1 is 1.48 bits per heavy atom. The zero-order valence-electron chi connectivity index (χ0n) is 14.0. The number of anilines is 1. The van der Waals surface area contributed by atoms with Crippen molar-refractivity contribution in [2.45, 2.75) is 55.7 Å². The van der Waals surface area contributed by atoms with Crippen molar-refractivity contribution in [3.8, 4) is 0 Å². The van der Waals surface area contributed by atoms with Gasteiger partial charge >= 0.3 is 0 Å². The van der Waals surface area contributed by atoms with E-state index in [0.717, 1.165) is 15.9 Å². The van der Waals surface area contributed by atoms with E-state index in [1.807, 2.05) is 6.92 Å². The Balaban J connectivity index is 1.84. The summed E-state index contributed by atoms with van der Waals surface area (Å²) in [4.78, 5) is 12.4. The number of nitrogens with zero attached hydrogens (tertiary/aromatic N) is 2. The number of amides is 1. The molecule has 7 heteroatoms. The second-order valence-electron chi connectivity index (χ2n) is 6.19. The van der Waals surface area contributed by atoms with Crippen LogP contribution in [0.15, 0.2) is 17.0 Å². The van der Waals surface area contributed by atoms with E-state index < -0.39 is 0 Å². The Kier molecular flexibility index (Phi) is 6.89. The van der Waals surface area contributed by atoms with E-state index in [4.69, 9.17) is 0 Å². The van der Waals surface area contributed by atoms with Crippen LogP contribution < -0.4 is 10.6 Å². The number of carbonyl (C=O) groups is 1. The van der Waals surface area contributed by atoms with Crippen LogP contribution in [0.2, 0.25) is 0 Å². The summed E-state index contributed by atoms with van der Waals surface area (Å²) in [6, 6.07) is 0.300. The molecule has 0 bridgehead atoms. The van der Waals surface area contributed by atoms with Gasteiger partial charge in [0.2, 0.25) is 11.0 Å². The number of hydrogen-bond acceptors (Lipinski definition) is 6. The molecular weight excluding hydrogens is 328 g/mol. The summed E-state index contributed by atoms with van der Waals surface area (Å²) < 4.78 is 0.810. The van der Waals surface area contributed by atoms with Crippen molar-refractivity contribution in [1.82, 2.24) is 15.5 Å². The van der Waals surface area contributed by atoms with Gasteiger partial charge in [-0.05, 0) is 25.2 Å². The summed E-state index contributed by atoms with van der Waals surface area (Å²) in [7, 11) is 0. The molecule has 1 heterocycles. The Morgan fingerprint density at radius 2 is 2.26 bits per heavy atom. The lowest BCUT2D eigenvalue weighted by molar-refractivity contribution is -0.121. The second-order valence-corrected chi connectivity index (χ2v) is 8.75. The van der Waals surface area contributed by atoms with Crippen LogP contribution in [-0.2, 0) is 4.79 Å². The molecular formula is C16H26N4OS2. The summed E-state index contributed by atoms with van der Waals surface area (Å²) >= 11 is 2.93. The molecule has 1 saturated carbocycles. The van der Waals surface area contributed by atoms with Crippen LogP contribution in [0.3, 0.4) is 0 Å². The highest BCUT2D eigenvalue weighted by molar-refractivity contribution is 8.02. The molecule has 0 spiro atoms. The van der Waals surface area contributed by atoms with Crippen molar-refractivity contribution < 1.29 is 4.79 Å². The highest BCUT2D eigenvalue weighted by Gasteiger charge is 2.29. The van der Waals surface area contributed by atoms with Crippen molar-refractivity contribution in [3.63, 3.8) is 0 Å². The maximum atomic E-state index is 12.4. The first kappa shape index (κ1) is 18.3. The quantitative estimate of drug-likeness (QED) is 0.579. The standard InChI is InChI=1S/C16H26N4OS2/c1-5-9-17-15-19-20-16(23-15)22-12(4)14(21)18-13-8-6-7-10(2)11(13)3/h5,10-13H,1,6-9H2,2-4H3,(H,17,19)(H,18,21)/t10-,11-,12-,13-/m1/s1. The van der Waals surface area contributed by atoms with Gasteiger partial charge in [0.25, 0.3) is 0 Å². The number of hydrogen-bond donors (Lipinski definition) is 2. The van der Waals surface area contributed by atoms with Crippen LogP contribution in [-0.4, -0.2) is 33.9 Å². The lowest BCUT2D eigenvalue weighted by Gasteiger charge is -2.35. The summed E-state index contributed by atoms with van der Waals surface area (Å²) in [6.45, 7) is 10.8. The first-order chi connectivity index (χ1) is 11.0. The van der Waals surface area contributed by atoms with Crippen LogP contribution in [0.5, 0.6) is 0 Å². The minimum atomic E-state index is -0.167. The highest BCUT2D eigenvalue weighted by atomic mass is 32.2. The lowest BCUT2D eigenvalue weighted by Crippen LogP contribution is -2.46. The second kappa shape index (κ2) is 8.68. The molecule has 0 radical (unpaired) electrons. The van der Waals surface area contributed by atoms with Crippen LogP contribution in [0.4, 0.5) is 5.13 Å². The molecule has 0 aromatic carbocycles. The molecule has 1 amide bonds. The van der Waals surface area contributed by atoms with Crippen molar-refractivity contribution >= 4 is 34.1 Å². The molecule has 5 nitrogen and oxygen atoms in total. The molecule has 0 saturated heterocycles. The molecule has 1 aromatic heterocycles. The smallest absolute Gasteiger partial charge is 0.233 e. The first-order valence-corrected chi connectivity index (χ1v) is 9.86. The third kappa shape index (κ3) is 5.21. The molecule has 1 aromatic rings. The predicted octanol–water partition coefficient (Wildman–Crippen LogP) is 3.56. The Hall–Kier alpha value is -1.08. The fourth-order valence-corrected chi connectivity index (χ4v) is 4.69. The van der Waals surface area contributed by atoms with E-state index in [1.165, 1.54) is 35.9 Å². The number of carbonyl (C=O) groups excluding carboxylic acids is 1. The van der Waals surface area contributed by atoms with Gasteiger partial charge in [-0.3, -0.25) is 4.79 Å². The van der Waals surface area contributed by atoms with Crippen LogP contribution in [0.25, 0.3) is 0 Å². The molecule has 4 atom stereocenters. The fraction of sp³-hybridized carbons (Fsp3) is 0.688. The normalized spacial score (nSPS) is 25.6. The van der Waals surface area contributed by atoms with Crippen molar-refractivity contribution in [2.24, 2.45) is 11.8 Å². The maximum Gasteiger partial charge on any atom is 0.233 e. The molecule has 1 aliphatic carbocycles. The van der Waals surface area contributed by atoms with Crippen molar-refractivity contribution in [1.29, 1.82) is 0 Å². The average Bonchev–Trinajstić information content (AvgIpc) is 2.97. The minimum Gasteiger partial charge on any atom is -0.357 e. The van der Waals surface area contributed by atoms with E-state index in [1.54, 1.807) is 6.08 Å². The Bertz CT molecular complexity index is 534. The van der Waals surface area contributed by atoms with E-state index in [2.05, 4.69) is 41.3 Å². The van der Waals surface area contributed by atoms with Crippen molar-refractivity contribution in [2.75, 3.05) is 11.9 Å². The van der Waals surface area contributed by atoms with Gasteiger partial charge in [0.15, 0.2) is 4.34 Å². The maximum absolute atomic E-state index is 12.4. The largest absolute Gasteiger partial charge is 0.357 e. The first-order valence-electron chi connectivity index (χ1n) is 8.16. The van der Waals surface area contributed by atoms with Crippen molar-refractivity contribution in [3.05, 3.63) is 12.7 Å². The van der Waals surface area contributed by atoms with Gasteiger partial charge in [0, 0.05) is 12.6 Å². The minimum absolute atomic E-state index is 0.0942. The average molecular weight is 355 g/mol. The highest BCUT2D eigenvalue weighted by Crippen LogP contribution is 2.31. The number of aromatic nitrogens is 2. The number of thioether (sulfide) groups is 1. The zero-order chi connectivity index (χ0) is 16.8. The molecule has 0 aliphatic heterocycles. The summed E-state index contributed by atoms with van der Waals surface area (Å²) in [6.07, 6.45) is 5.33. The van der Waals surface area contributed by atoms with E-state index in [0.29, 0.717) is 24.4 Å². The lowest BCUT2D eigenvalue weighted by atomic mass is 9.78. The molecule has 2 rings (SSSR count). The van der Waals surface area contributed by atoms with Gasteiger partial charge in [-0.2, -0.15) is 0 Å². The summed E-state index contributed by atoms with van der Waals surface area (Å²) in [5, 5.41) is 15.1. The monoisotopic (exact) mass is 354 g/mol. The molecule has 2 N–H and O–H groups in total. The van der Waals surface area contributed by atoms with Crippen LogP contribution >= 0.6 is 23.1 Å². The van der Waals surface area contributed by atoms with Gasteiger partial charge < -0.3 is 10.6 Å². The van der Waals surface area contributed by atoms with Crippen LogP contribution in [0, 0.1) is 11.8 Å². The molecule has 1 aliphatic rings. The third-order valence-electron chi connectivity index (χ3n) is 4.49. The SMILES string of the molecule is C=CCNc1nnc(S[C@H](C)C(=O)N[C@@H]2CCC[C@@H](C)[C@H]2C)s1. The summed E-state index contributed by atoms with van der Waals surface area (Å²) in [5.74, 6) is 1.32. The topological polar surface area (TPSA) is 66.9 Å². The van der Waals surface area contributed by atoms with Crippen LogP contribution in [0.1, 0.15) is 40.0 Å². The van der Waals surface area contributed by atoms with Gasteiger partial charge in [-0.15, -0.1) is 16.8 Å². The molecule has 23 heavy (non-hydrogen) atoms. The van der Waals surface area contributed by atoms with E-state index in [9.17, 15) is 4.79 Å². The van der Waals surface area contributed by atoms with E-state index >= 15 is 0 Å². The number of rotatable bonds is 7. The van der Waals surface area contributed by atoms with Gasteiger partial charge in [-0.1, -0.05) is 55.9 Å². The third-order valence-corrected chi connectivity index (χ3v) is 6.55. The Labute approximate surface area is 146 Å². The predicted molar refractivity (Wildman–Crippen MR) is 98.0 cm³/mol. The van der Waals surface area contributed by atoms with Gasteiger partial charge in [0.1, 0.15) is 0 Å². The molecule has 128 valence electrons. The van der Waals surface area contributed by atoms with E-state index in [-0.39, 0.29) is 11.2 Å². The fourth-order valence-electron chi connectivity index (χ4n) is 2.78. The summed E-state index contributed by atoms with van der Waals surface area (Å²) in [5.41, 5.74) is 0. The Morgan fingerprint density at radius 3 is 3.00 bits per heavy atom. The zero-order valence-corrected chi connectivity index (χ0v) is 15.7.